The molecule has 0 atom stereocenters. The molecule has 0 radical (unpaired) electrons. The molecule has 4 aliphatic rings. The van der Waals surface area contributed by atoms with Gasteiger partial charge < -0.3 is 9.80 Å². The molecule has 0 saturated carbocycles. The summed E-state index contributed by atoms with van der Waals surface area (Å²) < 4.78 is 0. The summed E-state index contributed by atoms with van der Waals surface area (Å²) in [5, 5.41) is 0. The molecule has 9 aromatic rings. The van der Waals surface area contributed by atoms with Crippen LogP contribution in [0.1, 0.15) is 93.6 Å². The number of fused-ring (bicyclic) bond motifs is 9. The molecular weight excluding hydrogens is 1010 g/mol. The van der Waals surface area contributed by atoms with E-state index in [0.717, 1.165) is 27.9 Å². The van der Waals surface area contributed by atoms with E-state index < -0.39 is 16.4 Å². The second-order valence-corrected chi connectivity index (χ2v) is 19.0. The van der Waals surface area contributed by atoms with E-state index >= 15 is 0 Å². The van der Waals surface area contributed by atoms with E-state index in [1.54, 1.807) is 0 Å². The molecule has 68 heavy (non-hydrogen) atoms. The zero-order valence-corrected chi connectivity index (χ0v) is 40.7. The molecule has 0 fully saturated rings. The molecule has 0 spiro atoms. The van der Waals surface area contributed by atoms with Crippen LogP contribution in [0.3, 0.4) is 0 Å². The second-order valence-electron chi connectivity index (χ2n) is 19.0. The largest absolute Gasteiger partial charge is 0.508 e. The van der Waals surface area contributed by atoms with Crippen LogP contribution in [0.25, 0.3) is 33.4 Å². The molecule has 332 valence electrons. The number of pyridine rings is 1. The van der Waals surface area contributed by atoms with Gasteiger partial charge in [0.1, 0.15) is 0 Å². The quantitative estimate of drug-likeness (QED) is 0.148. The van der Waals surface area contributed by atoms with E-state index in [1.807, 2.05) is 6.20 Å². The van der Waals surface area contributed by atoms with E-state index in [4.69, 9.17) is 4.98 Å². The van der Waals surface area contributed by atoms with Crippen molar-refractivity contribution in [3.05, 3.63) is 298 Å². The van der Waals surface area contributed by atoms with E-state index in [1.165, 1.54) is 78.0 Å². The first-order valence-corrected chi connectivity index (χ1v) is 23.5. The standard InChI is InChI=1S/C64H48N3.Pt/c1-42(2)44-35-36-65-61(37-44)63(57-31-13-7-25-51(57)52-26-8-14-32-58(52)63)47-21-17-19-45(38-47)62(55-29-11-5-23-49(55)50-24-6-12-30-56(50)62)46-20-18-22-48(39-46)64(67-40-43(3)66(4)41-67)59-33-15-9-27-53(59)54-28-10-16-34-60(54)64;/h5-37,40-42H,1-4H3;/q-3;. The maximum Gasteiger partial charge on any atom is 0.0686 e. The first kappa shape index (κ1) is 42.3. The first-order chi connectivity index (χ1) is 32.9. The second kappa shape index (κ2) is 15.8. The van der Waals surface area contributed by atoms with E-state index in [9.17, 15) is 0 Å². The molecule has 3 aliphatic carbocycles. The average Bonchev–Trinajstić information content (AvgIpc) is 4.08. The van der Waals surface area contributed by atoms with Crippen molar-refractivity contribution in [3.63, 3.8) is 0 Å². The van der Waals surface area contributed by atoms with Crippen molar-refractivity contribution in [2.24, 2.45) is 0 Å². The van der Waals surface area contributed by atoms with Crippen molar-refractivity contribution in [2.75, 3.05) is 7.05 Å². The number of benzene rings is 8. The minimum atomic E-state index is -0.790. The van der Waals surface area contributed by atoms with Crippen LogP contribution in [-0.4, -0.2) is 21.8 Å². The van der Waals surface area contributed by atoms with E-state index in [-0.39, 0.29) is 21.1 Å². The molecule has 0 unspecified atom stereocenters. The van der Waals surface area contributed by atoms with Gasteiger partial charge in [-0.05, 0) is 116 Å². The summed E-state index contributed by atoms with van der Waals surface area (Å²) in [6.07, 6.45) is 4.30. The van der Waals surface area contributed by atoms with E-state index in [2.05, 4.69) is 257 Å². The molecule has 0 bridgehead atoms. The fourth-order valence-electron chi connectivity index (χ4n) is 12.4. The van der Waals surface area contributed by atoms with Crippen molar-refractivity contribution in [3.8, 4) is 33.4 Å². The average molecular weight is 1050 g/mol. The monoisotopic (exact) mass is 1050 g/mol. The Balaban J connectivity index is 0.00000480. The van der Waals surface area contributed by atoms with Crippen molar-refractivity contribution in [1.29, 1.82) is 0 Å². The van der Waals surface area contributed by atoms with Crippen LogP contribution in [0, 0.1) is 18.8 Å². The maximum atomic E-state index is 5.33. The van der Waals surface area contributed by atoms with Gasteiger partial charge in [0.25, 0.3) is 0 Å². The maximum absolute atomic E-state index is 5.33. The van der Waals surface area contributed by atoms with Crippen LogP contribution >= 0.6 is 0 Å². The molecular formula is C64H48N3Pt-3. The Morgan fingerprint density at radius 2 is 0.853 bits per heavy atom. The molecule has 8 aromatic carbocycles. The molecule has 1 aliphatic heterocycles. The minimum absolute atomic E-state index is 0. The first-order valence-electron chi connectivity index (χ1n) is 23.5. The van der Waals surface area contributed by atoms with E-state index in [0.29, 0.717) is 5.92 Å². The summed E-state index contributed by atoms with van der Waals surface area (Å²) in [7, 11) is 2.14. The van der Waals surface area contributed by atoms with Gasteiger partial charge in [-0.15, -0.1) is 22.3 Å². The van der Waals surface area contributed by atoms with Crippen LogP contribution in [0.15, 0.2) is 212 Å². The molecule has 2 heterocycles. The Bertz CT molecular complexity index is 3370. The van der Waals surface area contributed by atoms with Gasteiger partial charge >= 0.3 is 0 Å². The predicted molar refractivity (Wildman–Crippen MR) is 270 cm³/mol. The van der Waals surface area contributed by atoms with Gasteiger partial charge in [0.2, 0.25) is 0 Å². The Kier molecular flexibility index (Phi) is 9.80. The van der Waals surface area contributed by atoms with Crippen molar-refractivity contribution in [2.45, 2.75) is 43.1 Å². The fourth-order valence-corrected chi connectivity index (χ4v) is 12.4. The smallest absolute Gasteiger partial charge is 0.0686 e. The van der Waals surface area contributed by atoms with Gasteiger partial charge in [-0.2, -0.15) is 55.2 Å². The Morgan fingerprint density at radius 3 is 1.29 bits per heavy atom. The molecule has 4 heteroatoms. The number of hydrogen-bond donors (Lipinski definition) is 0. The third-order valence-corrected chi connectivity index (χ3v) is 15.4. The summed E-state index contributed by atoms with van der Waals surface area (Å²) in [5.41, 5.74) is 20.3. The van der Waals surface area contributed by atoms with Crippen molar-refractivity contribution < 1.29 is 21.1 Å². The predicted octanol–water partition coefficient (Wildman–Crippen LogP) is 14.0. The normalized spacial score (nSPS) is 16.0. The number of aromatic nitrogens is 1. The van der Waals surface area contributed by atoms with Crippen molar-refractivity contribution >= 4 is 0 Å². The van der Waals surface area contributed by atoms with Crippen LogP contribution in [-0.2, 0) is 37.4 Å². The van der Waals surface area contributed by atoms with Gasteiger partial charge in [-0.3, -0.25) is 4.98 Å². The van der Waals surface area contributed by atoms with Crippen LogP contribution < -0.4 is 0 Å². The zero-order chi connectivity index (χ0) is 45.1. The molecule has 1 aromatic heterocycles. The Labute approximate surface area is 414 Å². The molecule has 3 nitrogen and oxygen atoms in total. The SMILES string of the molecule is CC1=CN(C2(c3[c-]c(C4(c5[c-]c(C6(c7cc(C(C)C)ccn7)c7ccccc7-c7ccccc76)ccc5)c5ccccc5-c5ccccc54)ccc3)c3ccccc3-c3ccccc32)[CH-]N1C.[Pt]. The van der Waals surface area contributed by atoms with Crippen LogP contribution in [0.2, 0.25) is 0 Å². The van der Waals surface area contributed by atoms with Crippen LogP contribution in [0.5, 0.6) is 0 Å². The van der Waals surface area contributed by atoms with Crippen LogP contribution in [0.4, 0.5) is 0 Å². The summed E-state index contributed by atoms with van der Waals surface area (Å²) >= 11 is 0. The Morgan fingerprint density at radius 1 is 0.471 bits per heavy atom. The summed E-state index contributed by atoms with van der Waals surface area (Å²) in [5.74, 6) is 0.332. The van der Waals surface area contributed by atoms with Crippen molar-refractivity contribution in [1.82, 2.24) is 14.8 Å². The minimum Gasteiger partial charge on any atom is -0.508 e. The summed E-state index contributed by atoms with van der Waals surface area (Å²) in [6, 6.07) is 80.7. The Hall–Kier alpha value is -7.06. The van der Waals surface area contributed by atoms with Gasteiger partial charge in [0.15, 0.2) is 0 Å². The molecule has 0 N–H and O–H groups in total. The molecule has 13 rings (SSSR count). The molecule has 0 amide bonds. The number of nitrogens with zero attached hydrogens (tertiary/aromatic N) is 3. The third-order valence-electron chi connectivity index (χ3n) is 15.4. The number of rotatable bonds is 7. The van der Waals surface area contributed by atoms with Gasteiger partial charge in [0, 0.05) is 32.7 Å². The number of allylic oxidation sites excluding steroid dienone is 1. The van der Waals surface area contributed by atoms with Gasteiger partial charge in [-0.25, -0.2) is 0 Å². The summed E-state index contributed by atoms with van der Waals surface area (Å²) in [4.78, 5) is 9.98. The zero-order valence-electron chi connectivity index (χ0n) is 38.4. The number of hydrogen-bond acceptors (Lipinski definition) is 3. The summed E-state index contributed by atoms with van der Waals surface area (Å²) in [6.45, 7) is 8.97. The topological polar surface area (TPSA) is 19.4 Å². The third kappa shape index (κ3) is 5.54. The molecule has 0 saturated heterocycles. The van der Waals surface area contributed by atoms with Gasteiger partial charge in [-0.1, -0.05) is 159 Å². The fraction of sp³-hybridized carbons (Fsp3) is 0.125. The van der Waals surface area contributed by atoms with Gasteiger partial charge in [0.05, 0.1) is 16.6 Å².